The summed E-state index contributed by atoms with van der Waals surface area (Å²) >= 11 is 0. The van der Waals surface area contributed by atoms with Gasteiger partial charge in [-0.2, -0.15) is 5.10 Å². The molecule has 64 valence electrons. The molecular formula is C7H8N2O3. The van der Waals surface area contributed by atoms with E-state index in [1.807, 2.05) is 0 Å². The van der Waals surface area contributed by atoms with E-state index in [4.69, 9.17) is 5.11 Å². The second-order valence-corrected chi connectivity index (χ2v) is 2.25. The Kier molecular flexibility index (Phi) is 2.23. The molecule has 1 heterocycles. The molecule has 5 heteroatoms. The largest absolute Gasteiger partial charge is 0.477 e. The molecule has 0 saturated heterocycles. The van der Waals surface area contributed by atoms with Crippen molar-refractivity contribution in [2.45, 2.75) is 13.3 Å². The average molecular weight is 168 g/mol. The standard InChI is InChI=1S/C7H8N2O3/c1-2-4-6(7(11)12)5(10)3-8-9-4/h3H,2H2,1H3,(H,9,10)(H,11,12). The van der Waals surface area contributed by atoms with Crippen molar-refractivity contribution >= 4 is 5.97 Å². The van der Waals surface area contributed by atoms with Gasteiger partial charge >= 0.3 is 5.97 Å². The monoisotopic (exact) mass is 168 g/mol. The van der Waals surface area contributed by atoms with Gasteiger partial charge in [-0.15, -0.1) is 0 Å². The Morgan fingerprint density at radius 1 is 1.75 bits per heavy atom. The predicted octanol–water partition coefficient (Wildman–Crippen LogP) is 0.0305. The number of nitrogens with zero attached hydrogens (tertiary/aromatic N) is 1. The lowest BCUT2D eigenvalue weighted by Crippen LogP contribution is -2.19. The van der Waals surface area contributed by atoms with Crippen molar-refractivity contribution in [3.8, 4) is 0 Å². The molecule has 1 rings (SSSR count). The first-order valence-corrected chi connectivity index (χ1v) is 3.46. The number of aryl methyl sites for hydroxylation is 1. The van der Waals surface area contributed by atoms with E-state index in [2.05, 4.69) is 10.2 Å². The predicted molar refractivity (Wildman–Crippen MR) is 41.2 cm³/mol. The molecule has 5 nitrogen and oxygen atoms in total. The molecule has 1 aromatic rings. The molecule has 0 unspecified atom stereocenters. The quantitative estimate of drug-likeness (QED) is 0.652. The number of aromatic nitrogens is 2. The molecule has 0 bridgehead atoms. The number of carbonyl (C=O) groups is 1. The van der Waals surface area contributed by atoms with Crippen molar-refractivity contribution in [2.75, 3.05) is 0 Å². The van der Waals surface area contributed by atoms with E-state index in [9.17, 15) is 9.59 Å². The maximum Gasteiger partial charge on any atom is 0.341 e. The molecule has 0 aliphatic rings. The molecule has 0 saturated carbocycles. The minimum Gasteiger partial charge on any atom is -0.477 e. The average Bonchev–Trinajstić information content (AvgIpc) is 2.03. The van der Waals surface area contributed by atoms with E-state index in [0.717, 1.165) is 6.20 Å². The van der Waals surface area contributed by atoms with Gasteiger partial charge in [-0.05, 0) is 6.42 Å². The molecular weight excluding hydrogens is 160 g/mol. The lowest BCUT2D eigenvalue weighted by Gasteiger charge is -1.99. The number of aromatic carboxylic acids is 1. The first-order chi connectivity index (χ1) is 5.66. The summed E-state index contributed by atoms with van der Waals surface area (Å²) in [5, 5.41) is 14.6. The van der Waals surface area contributed by atoms with Crippen LogP contribution in [0.15, 0.2) is 11.0 Å². The van der Waals surface area contributed by atoms with Crippen molar-refractivity contribution in [2.24, 2.45) is 0 Å². The van der Waals surface area contributed by atoms with Crippen LogP contribution in [0.1, 0.15) is 23.0 Å². The van der Waals surface area contributed by atoms with Gasteiger partial charge in [-0.1, -0.05) is 6.92 Å². The Bertz CT molecular complexity index is 356. The molecule has 0 aromatic carbocycles. The summed E-state index contributed by atoms with van der Waals surface area (Å²) in [6, 6.07) is 0. The summed E-state index contributed by atoms with van der Waals surface area (Å²) in [6.45, 7) is 1.75. The number of H-pyrrole nitrogens is 1. The highest BCUT2D eigenvalue weighted by molar-refractivity contribution is 5.88. The topological polar surface area (TPSA) is 83.0 Å². The molecule has 0 amide bonds. The van der Waals surface area contributed by atoms with Gasteiger partial charge in [0.15, 0.2) is 0 Å². The van der Waals surface area contributed by atoms with Crippen molar-refractivity contribution in [3.63, 3.8) is 0 Å². The number of rotatable bonds is 2. The number of hydrogen-bond donors (Lipinski definition) is 2. The van der Waals surface area contributed by atoms with Gasteiger partial charge in [0.1, 0.15) is 5.56 Å². The molecule has 2 N–H and O–H groups in total. The highest BCUT2D eigenvalue weighted by Gasteiger charge is 2.13. The van der Waals surface area contributed by atoms with Crippen LogP contribution >= 0.6 is 0 Å². The van der Waals surface area contributed by atoms with E-state index in [-0.39, 0.29) is 5.56 Å². The maximum atomic E-state index is 11.0. The molecule has 0 radical (unpaired) electrons. The summed E-state index contributed by atoms with van der Waals surface area (Å²) in [5.41, 5.74) is -0.416. The third-order valence-corrected chi connectivity index (χ3v) is 1.50. The van der Waals surface area contributed by atoms with Gasteiger partial charge in [-0.25, -0.2) is 4.79 Å². The number of hydrogen-bond acceptors (Lipinski definition) is 3. The molecule has 0 atom stereocenters. The zero-order valence-corrected chi connectivity index (χ0v) is 6.50. The number of aromatic amines is 1. The van der Waals surface area contributed by atoms with Gasteiger partial charge in [-0.3, -0.25) is 9.89 Å². The van der Waals surface area contributed by atoms with Crippen LogP contribution in [0.2, 0.25) is 0 Å². The van der Waals surface area contributed by atoms with Gasteiger partial charge in [0.05, 0.1) is 11.9 Å². The summed E-state index contributed by atoms with van der Waals surface area (Å²) in [4.78, 5) is 21.5. The second-order valence-electron chi connectivity index (χ2n) is 2.25. The van der Waals surface area contributed by atoms with Crippen LogP contribution in [0.5, 0.6) is 0 Å². The molecule has 12 heavy (non-hydrogen) atoms. The van der Waals surface area contributed by atoms with Crippen LogP contribution in [0.25, 0.3) is 0 Å². The normalized spacial score (nSPS) is 9.75. The lowest BCUT2D eigenvalue weighted by molar-refractivity contribution is 0.0693. The molecule has 1 aromatic heterocycles. The van der Waals surface area contributed by atoms with E-state index in [1.165, 1.54) is 0 Å². The van der Waals surface area contributed by atoms with Crippen LogP contribution in [-0.2, 0) is 6.42 Å². The smallest absolute Gasteiger partial charge is 0.341 e. The van der Waals surface area contributed by atoms with Gasteiger partial charge in [0.25, 0.3) is 0 Å². The maximum absolute atomic E-state index is 11.0. The number of carboxylic acids is 1. The summed E-state index contributed by atoms with van der Waals surface area (Å²) in [6.07, 6.45) is 1.41. The Balaban J connectivity index is 3.40. The third-order valence-electron chi connectivity index (χ3n) is 1.50. The van der Waals surface area contributed by atoms with Crippen molar-refractivity contribution in [1.82, 2.24) is 10.2 Å². The number of carboxylic acid groups (broad SMARTS) is 1. The number of nitrogens with one attached hydrogen (secondary N) is 1. The van der Waals surface area contributed by atoms with Crippen LogP contribution in [0, 0.1) is 0 Å². The van der Waals surface area contributed by atoms with E-state index in [0.29, 0.717) is 12.1 Å². The Morgan fingerprint density at radius 3 is 2.83 bits per heavy atom. The second kappa shape index (κ2) is 3.17. The van der Waals surface area contributed by atoms with Crippen molar-refractivity contribution < 1.29 is 9.90 Å². The highest BCUT2D eigenvalue weighted by Crippen LogP contribution is 1.98. The van der Waals surface area contributed by atoms with Gasteiger partial charge < -0.3 is 5.11 Å². The Hall–Kier alpha value is -1.65. The van der Waals surface area contributed by atoms with Gasteiger partial charge in [0.2, 0.25) is 5.43 Å². The summed E-state index contributed by atoms with van der Waals surface area (Å²) < 4.78 is 0. The fraction of sp³-hybridized carbons (Fsp3) is 0.286. The first-order valence-electron chi connectivity index (χ1n) is 3.46. The molecule has 0 aliphatic heterocycles. The molecule has 0 aliphatic carbocycles. The fourth-order valence-corrected chi connectivity index (χ4v) is 0.928. The van der Waals surface area contributed by atoms with Crippen molar-refractivity contribution in [3.05, 3.63) is 27.7 Å². The SMILES string of the molecule is CCc1[nH]ncc(=O)c1C(=O)O. The minimum atomic E-state index is -1.21. The van der Waals surface area contributed by atoms with Crippen molar-refractivity contribution in [1.29, 1.82) is 0 Å². The van der Waals surface area contributed by atoms with E-state index < -0.39 is 11.4 Å². The van der Waals surface area contributed by atoms with E-state index in [1.54, 1.807) is 6.92 Å². The summed E-state index contributed by atoms with van der Waals surface area (Å²) in [5.74, 6) is -1.21. The van der Waals surface area contributed by atoms with Crippen LogP contribution < -0.4 is 5.43 Å². The van der Waals surface area contributed by atoms with Gasteiger partial charge in [0, 0.05) is 0 Å². The van der Waals surface area contributed by atoms with Crippen LogP contribution in [0.4, 0.5) is 0 Å². The highest BCUT2D eigenvalue weighted by atomic mass is 16.4. The molecule has 0 fully saturated rings. The van der Waals surface area contributed by atoms with Crippen LogP contribution in [-0.4, -0.2) is 21.3 Å². The summed E-state index contributed by atoms with van der Waals surface area (Å²) in [7, 11) is 0. The first kappa shape index (κ1) is 8.45. The zero-order chi connectivity index (χ0) is 9.14. The Morgan fingerprint density at radius 2 is 2.42 bits per heavy atom. The lowest BCUT2D eigenvalue weighted by atomic mass is 10.2. The minimum absolute atomic E-state index is 0.215. The Labute approximate surface area is 68.1 Å². The van der Waals surface area contributed by atoms with E-state index >= 15 is 0 Å². The zero-order valence-electron chi connectivity index (χ0n) is 6.50. The third kappa shape index (κ3) is 1.34. The fourth-order valence-electron chi connectivity index (χ4n) is 0.928. The molecule has 0 spiro atoms. The van der Waals surface area contributed by atoms with Crippen LogP contribution in [0.3, 0.4) is 0 Å².